The third kappa shape index (κ3) is 3.40. The number of anilines is 1. The third-order valence-corrected chi connectivity index (χ3v) is 3.26. The van der Waals surface area contributed by atoms with Gasteiger partial charge in [0.15, 0.2) is 6.10 Å². The molecule has 0 spiro atoms. The molecule has 118 valence electrons. The maximum absolute atomic E-state index is 12.0. The van der Waals surface area contributed by atoms with Gasteiger partial charge in [0, 0.05) is 7.11 Å². The highest BCUT2D eigenvalue weighted by Gasteiger charge is 2.33. The second-order valence-corrected chi connectivity index (χ2v) is 4.52. The molecule has 0 aliphatic rings. The number of hydrogen-bond acceptors (Lipinski definition) is 6. The highest BCUT2D eigenvalue weighted by molar-refractivity contribution is 5.76. The fourth-order valence-corrected chi connectivity index (χ4v) is 2.18. The van der Waals surface area contributed by atoms with E-state index in [1.165, 1.54) is 20.5 Å². The van der Waals surface area contributed by atoms with E-state index in [2.05, 4.69) is 5.32 Å². The lowest BCUT2D eigenvalue weighted by Crippen LogP contribution is -2.35. The van der Waals surface area contributed by atoms with Crippen LogP contribution in [0.1, 0.15) is 11.8 Å². The Morgan fingerprint density at radius 1 is 1.14 bits per heavy atom. The molecule has 0 amide bonds. The predicted molar refractivity (Wildman–Crippen MR) is 80.9 cm³/mol. The fraction of sp³-hybridized carbons (Fsp3) is 0.312. The Kier molecular flexibility index (Phi) is 5.43. The van der Waals surface area contributed by atoms with Gasteiger partial charge in [0.25, 0.3) is 0 Å². The third-order valence-electron chi connectivity index (χ3n) is 3.26. The Hall–Kier alpha value is -2.47. The highest BCUT2D eigenvalue weighted by atomic mass is 16.6. The van der Waals surface area contributed by atoms with Gasteiger partial charge < -0.3 is 23.9 Å². The van der Waals surface area contributed by atoms with Crippen molar-refractivity contribution in [1.82, 2.24) is 0 Å². The summed E-state index contributed by atoms with van der Waals surface area (Å²) in [5, 5.41) is 3.22. The second-order valence-electron chi connectivity index (χ2n) is 4.52. The van der Waals surface area contributed by atoms with Gasteiger partial charge in [-0.1, -0.05) is 12.1 Å². The number of benzene rings is 1. The first kappa shape index (κ1) is 15.9. The van der Waals surface area contributed by atoms with Crippen molar-refractivity contribution in [1.29, 1.82) is 0 Å². The molecule has 0 saturated heterocycles. The molecule has 6 nitrogen and oxygen atoms in total. The fourth-order valence-electron chi connectivity index (χ4n) is 2.18. The zero-order valence-electron chi connectivity index (χ0n) is 12.7. The molecule has 22 heavy (non-hydrogen) atoms. The molecular formula is C16H19NO5. The summed E-state index contributed by atoms with van der Waals surface area (Å²) >= 11 is 0. The average Bonchev–Trinajstić information content (AvgIpc) is 3.09. The summed E-state index contributed by atoms with van der Waals surface area (Å²) < 4.78 is 20.8. The monoisotopic (exact) mass is 305 g/mol. The van der Waals surface area contributed by atoms with E-state index < -0.39 is 18.1 Å². The molecule has 0 aliphatic carbocycles. The first-order valence-corrected chi connectivity index (χ1v) is 6.74. The first-order valence-electron chi connectivity index (χ1n) is 6.74. The van der Waals surface area contributed by atoms with Gasteiger partial charge in [-0.3, -0.25) is 0 Å². The van der Waals surface area contributed by atoms with Crippen LogP contribution >= 0.6 is 0 Å². The summed E-state index contributed by atoms with van der Waals surface area (Å²) in [6, 6.07) is 10.4. The second kappa shape index (κ2) is 7.51. The first-order chi connectivity index (χ1) is 10.7. The van der Waals surface area contributed by atoms with Crippen molar-refractivity contribution in [2.24, 2.45) is 0 Å². The number of esters is 1. The normalized spacial score (nSPS) is 13.2. The Morgan fingerprint density at radius 3 is 2.50 bits per heavy atom. The minimum absolute atomic E-state index is 0.494. The van der Waals surface area contributed by atoms with Crippen molar-refractivity contribution < 1.29 is 23.4 Å². The molecule has 1 heterocycles. The van der Waals surface area contributed by atoms with Crippen LogP contribution in [0.3, 0.4) is 0 Å². The molecule has 0 fully saturated rings. The SMILES string of the molecule is COC(=O)[C@@H](OC)[C@@H](Nc1ccccc1OC)c1ccco1. The van der Waals surface area contributed by atoms with Crippen LogP contribution in [0.2, 0.25) is 0 Å². The van der Waals surface area contributed by atoms with Gasteiger partial charge in [0.2, 0.25) is 0 Å². The number of para-hydroxylation sites is 2. The zero-order valence-corrected chi connectivity index (χ0v) is 12.7. The van der Waals surface area contributed by atoms with Gasteiger partial charge in [-0.2, -0.15) is 0 Å². The van der Waals surface area contributed by atoms with Crippen LogP contribution in [-0.4, -0.2) is 33.4 Å². The molecule has 2 atom stereocenters. The largest absolute Gasteiger partial charge is 0.495 e. The molecule has 0 unspecified atom stereocenters. The molecule has 0 radical (unpaired) electrons. The van der Waals surface area contributed by atoms with Crippen LogP contribution < -0.4 is 10.1 Å². The van der Waals surface area contributed by atoms with Crippen molar-refractivity contribution in [2.45, 2.75) is 12.1 Å². The minimum atomic E-state index is -0.860. The van der Waals surface area contributed by atoms with Gasteiger partial charge in [0.1, 0.15) is 17.6 Å². The highest BCUT2D eigenvalue weighted by Crippen LogP contribution is 2.31. The maximum atomic E-state index is 12.0. The summed E-state index contributed by atoms with van der Waals surface area (Å²) in [4.78, 5) is 12.0. The van der Waals surface area contributed by atoms with E-state index in [0.717, 1.165) is 5.69 Å². The molecular weight excluding hydrogens is 286 g/mol. The number of carbonyl (C=O) groups excluding carboxylic acids is 1. The lowest BCUT2D eigenvalue weighted by molar-refractivity contribution is -0.153. The van der Waals surface area contributed by atoms with Crippen LogP contribution in [-0.2, 0) is 14.3 Å². The predicted octanol–water partition coefficient (Wildman–Crippen LogP) is 2.63. The number of ether oxygens (including phenoxy) is 3. The van der Waals surface area contributed by atoms with E-state index in [9.17, 15) is 4.79 Å². The molecule has 0 saturated carbocycles. The summed E-state index contributed by atoms with van der Waals surface area (Å²) in [5.41, 5.74) is 0.720. The Balaban J connectivity index is 2.35. The molecule has 0 bridgehead atoms. The standard InChI is InChI=1S/C16H19NO5/c1-19-12-8-5-4-7-11(12)17-14(13-9-6-10-22-13)15(20-2)16(18)21-3/h4-10,14-15,17H,1-3H3/t14-,15-/m0/s1. The van der Waals surface area contributed by atoms with Crippen molar-refractivity contribution in [3.8, 4) is 5.75 Å². The van der Waals surface area contributed by atoms with E-state index in [-0.39, 0.29) is 0 Å². The van der Waals surface area contributed by atoms with Crippen LogP contribution in [0.4, 0.5) is 5.69 Å². The van der Waals surface area contributed by atoms with Crippen molar-refractivity contribution in [3.63, 3.8) is 0 Å². The number of carbonyl (C=O) groups is 1. The van der Waals surface area contributed by atoms with E-state index in [1.807, 2.05) is 24.3 Å². The summed E-state index contributed by atoms with van der Waals surface area (Å²) in [7, 11) is 4.34. The molecule has 2 aromatic rings. The van der Waals surface area contributed by atoms with Crippen LogP contribution in [0.5, 0.6) is 5.75 Å². The molecule has 1 N–H and O–H groups in total. The van der Waals surface area contributed by atoms with E-state index in [0.29, 0.717) is 11.5 Å². The number of nitrogens with one attached hydrogen (secondary N) is 1. The molecule has 1 aromatic heterocycles. The summed E-state index contributed by atoms with van der Waals surface area (Å²) in [6.07, 6.45) is 0.678. The van der Waals surface area contributed by atoms with Gasteiger partial charge in [-0.25, -0.2) is 4.79 Å². The lowest BCUT2D eigenvalue weighted by Gasteiger charge is -2.25. The van der Waals surface area contributed by atoms with E-state index >= 15 is 0 Å². The Morgan fingerprint density at radius 2 is 1.91 bits per heavy atom. The van der Waals surface area contributed by atoms with Crippen molar-refractivity contribution in [2.75, 3.05) is 26.6 Å². The smallest absolute Gasteiger partial charge is 0.337 e. The van der Waals surface area contributed by atoms with Gasteiger partial charge in [-0.05, 0) is 24.3 Å². The number of furan rings is 1. The van der Waals surface area contributed by atoms with Crippen LogP contribution in [0.25, 0.3) is 0 Å². The Labute approximate surface area is 129 Å². The van der Waals surface area contributed by atoms with Crippen molar-refractivity contribution in [3.05, 3.63) is 48.4 Å². The topological polar surface area (TPSA) is 69.9 Å². The molecule has 6 heteroatoms. The molecule has 0 aliphatic heterocycles. The minimum Gasteiger partial charge on any atom is -0.495 e. The number of rotatable bonds is 7. The number of hydrogen-bond donors (Lipinski definition) is 1. The van der Waals surface area contributed by atoms with E-state index in [1.54, 1.807) is 19.2 Å². The van der Waals surface area contributed by atoms with Crippen LogP contribution in [0, 0.1) is 0 Å². The van der Waals surface area contributed by atoms with Gasteiger partial charge >= 0.3 is 5.97 Å². The lowest BCUT2D eigenvalue weighted by atomic mass is 10.1. The number of methoxy groups -OCH3 is 3. The zero-order chi connectivity index (χ0) is 15.9. The van der Waals surface area contributed by atoms with Crippen LogP contribution in [0.15, 0.2) is 47.1 Å². The average molecular weight is 305 g/mol. The Bertz CT molecular complexity index is 596. The van der Waals surface area contributed by atoms with E-state index in [4.69, 9.17) is 18.6 Å². The van der Waals surface area contributed by atoms with Crippen molar-refractivity contribution >= 4 is 11.7 Å². The van der Waals surface area contributed by atoms with Gasteiger partial charge in [0.05, 0.1) is 26.2 Å². The molecule has 1 aromatic carbocycles. The van der Waals surface area contributed by atoms with Gasteiger partial charge in [-0.15, -0.1) is 0 Å². The summed E-state index contributed by atoms with van der Waals surface area (Å²) in [6.45, 7) is 0. The molecule has 2 rings (SSSR count). The quantitative estimate of drug-likeness (QED) is 0.793. The summed E-state index contributed by atoms with van der Waals surface area (Å²) in [5.74, 6) is 0.716. The maximum Gasteiger partial charge on any atom is 0.337 e.